The molecule has 1 amide bonds. The molecule has 0 aliphatic carbocycles. The predicted molar refractivity (Wildman–Crippen MR) is 119 cm³/mol. The van der Waals surface area contributed by atoms with Crippen molar-refractivity contribution >= 4 is 17.2 Å². The van der Waals surface area contributed by atoms with E-state index in [0.717, 1.165) is 5.56 Å². The van der Waals surface area contributed by atoms with Crippen LogP contribution < -0.4 is 35.7 Å². The van der Waals surface area contributed by atoms with Crippen LogP contribution in [0.4, 0.5) is 5.69 Å². The highest BCUT2D eigenvalue weighted by molar-refractivity contribution is 5.97. The molecule has 2 aromatic rings. The minimum absolute atomic E-state index is 0.388. The molecule has 0 saturated carbocycles. The molecule has 31 heavy (non-hydrogen) atoms. The van der Waals surface area contributed by atoms with Gasteiger partial charge in [-0.15, -0.1) is 0 Å². The lowest BCUT2D eigenvalue weighted by Crippen LogP contribution is -2.38. The van der Waals surface area contributed by atoms with Crippen molar-refractivity contribution in [3.05, 3.63) is 47.7 Å². The van der Waals surface area contributed by atoms with Crippen molar-refractivity contribution in [3.63, 3.8) is 0 Å². The number of nitrogens with one attached hydrogen (secondary N) is 1. The third-order valence-corrected chi connectivity index (χ3v) is 4.52. The number of amides is 1. The molecule has 2 rings (SSSR count). The monoisotopic (exact) mass is 431 g/mol. The van der Waals surface area contributed by atoms with Crippen LogP contribution in [0.5, 0.6) is 23.0 Å². The molecule has 2 aromatic carbocycles. The van der Waals surface area contributed by atoms with E-state index in [0.29, 0.717) is 46.4 Å². The second-order valence-corrected chi connectivity index (χ2v) is 6.42. The second-order valence-electron chi connectivity index (χ2n) is 6.42. The Kier molecular flexibility index (Phi) is 8.53. The summed E-state index contributed by atoms with van der Waals surface area (Å²) in [5.41, 5.74) is 14.0. The normalized spacial score (nSPS) is 12.1. The third-order valence-electron chi connectivity index (χ3n) is 4.52. The smallest absolute Gasteiger partial charge is 0.243 e. The largest absolute Gasteiger partial charge is 0.495 e. The van der Waals surface area contributed by atoms with Gasteiger partial charge in [-0.05, 0) is 42.3 Å². The first kappa shape index (κ1) is 23.8. The number of nitrogens with two attached hydrogens (primary N) is 2. The molecule has 0 spiro atoms. The van der Waals surface area contributed by atoms with Gasteiger partial charge < -0.3 is 40.8 Å². The van der Waals surface area contributed by atoms with Gasteiger partial charge in [-0.2, -0.15) is 0 Å². The Bertz CT molecular complexity index is 945. The minimum atomic E-state index is -1.06. The molecule has 0 aliphatic rings. The van der Waals surface area contributed by atoms with Gasteiger partial charge in [-0.1, -0.05) is 6.07 Å². The summed E-state index contributed by atoms with van der Waals surface area (Å²) in [7, 11) is 4.56. The Morgan fingerprint density at radius 1 is 1.06 bits per heavy atom. The number of aliphatic hydroxyl groups is 1. The number of rotatable bonds is 10. The van der Waals surface area contributed by atoms with Gasteiger partial charge in [-0.25, -0.2) is 0 Å². The maximum atomic E-state index is 12.2. The Hall–Kier alpha value is -3.43. The second kappa shape index (κ2) is 11.1. The third kappa shape index (κ3) is 5.39. The molecule has 9 heteroatoms. The average Bonchev–Trinajstić information content (AvgIpc) is 2.79. The lowest BCUT2D eigenvalue weighted by atomic mass is 9.97. The zero-order valence-corrected chi connectivity index (χ0v) is 18.1. The van der Waals surface area contributed by atoms with E-state index in [1.54, 1.807) is 30.3 Å². The first-order valence-corrected chi connectivity index (χ1v) is 9.60. The Morgan fingerprint density at radius 2 is 1.74 bits per heavy atom. The van der Waals surface area contributed by atoms with Crippen LogP contribution >= 0.6 is 0 Å². The summed E-state index contributed by atoms with van der Waals surface area (Å²) in [6.07, 6.45) is 1.45. The van der Waals surface area contributed by atoms with Gasteiger partial charge in [0, 0.05) is 11.8 Å². The van der Waals surface area contributed by atoms with Crippen LogP contribution in [-0.4, -0.2) is 51.6 Å². The maximum absolute atomic E-state index is 12.2. The Balaban J connectivity index is 2.55. The summed E-state index contributed by atoms with van der Waals surface area (Å²) >= 11 is 0. The van der Waals surface area contributed by atoms with Gasteiger partial charge in [0.05, 0.1) is 40.2 Å². The SMILES string of the molecule is CCOc1cc(C(=CN)c2ccc(OC)c(NC(=O)C(N)CO)c2)cc(OC)c1OC. The van der Waals surface area contributed by atoms with E-state index in [1.807, 2.05) is 6.92 Å². The zero-order chi connectivity index (χ0) is 23.0. The number of benzene rings is 2. The van der Waals surface area contributed by atoms with Crippen LogP contribution in [-0.2, 0) is 4.79 Å². The van der Waals surface area contributed by atoms with Gasteiger partial charge in [0.2, 0.25) is 11.7 Å². The lowest BCUT2D eigenvalue weighted by Gasteiger charge is -2.18. The van der Waals surface area contributed by atoms with E-state index < -0.39 is 18.6 Å². The number of anilines is 1. The number of methoxy groups -OCH3 is 3. The van der Waals surface area contributed by atoms with Crippen molar-refractivity contribution in [1.82, 2.24) is 0 Å². The van der Waals surface area contributed by atoms with Crippen molar-refractivity contribution in [2.24, 2.45) is 11.5 Å². The van der Waals surface area contributed by atoms with E-state index in [2.05, 4.69) is 5.32 Å². The number of aliphatic hydroxyl groups excluding tert-OH is 1. The van der Waals surface area contributed by atoms with Crippen molar-refractivity contribution in [2.45, 2.75) is 13.0 Å². The molecule has 0 bridgehead atoms. The van der Waals surface area contributed by atoms with Gasteiger partial charge in [0.1, 0.15) is 11.8 Å². The van der Waals surface area contributed by atoms with Gasteiger partial charge in [0.15, 0.2) is 11.5 Å². The lowest BCUT2D eigenvalue weighted by molar-refractivity contribution is -0.118. The zero-order valence-electron chi connectivity index (χ0n) is 18.1. The van der Waals surface area contributed by atoms with Crippen molar-refractivity contribution < 1.29 is 28.8 Å². The number of carbonyl (C=O) groups excluding carboxylic acids is 1. The fourth-order valence-corrected chi connectivity index (χ4v) is 2.99. The van der Waals surface area contributed by atoms with Crippen molar-refractivity contribution in [3.8, 4) is 23.0 Å². The van der Waals surface area contributed by atoms with Gasteiger partial charge in [-0.3, -0.25) is 4.79 Å². The van der Waals surface area contributed by atoms with Crippen molar-refractivity contribution in [2.75, 3.05) is 39.9 Å². The summed E-state index contributed by atoms with van der Waals surface area (Å²) in [6.45, 7) is 1.83. The number of ether oxygens (including phenoxy) is 4. The van der Waals surface area contributed by atoms with Crippen LogP contribution in [0.1, 0.15) is 18.1 Å². The summed E-state index contributed by atoms with van der Waals surface area (Å²) in [6, 6.07) is 7.73. The number of hydrogen-bond donors (Lipinski definition) is 4. The van der Waals surface area contributed by atoms with Gasteiger partial charge in [0.25, 0.3) is 0 Å². The predicted octanol–water partition coefficient (Wildman–Crippen LogP) is 1.72. The highest BCUT2D eigenvalue weighted by atomic mass is 16.5. The fraction of sp³-hybridized carbons (Fsp3) is 0.318. The first-order chi connectivity index (χ1) is 14.9. The first-order valence-electron chi connectivity index (χ1n) is 9.60. The Labute approximate surface area is 181 Å². The molecular weight excluding hydrogens is 402 g/mol. The molecule has 0 aliphatic heterocycles. The minimum Gasteiger partial charge on any atom is -0.495 e. The van der Waals surface area contributed by atoms with E-state index >= 15 is 0 Å². The van der Waals surface area contributed by atoms with E-state index in [4.69, 9.17) is 35.5 Å². The highest BCUT2D eigenvalue weighted by Crippen LogP contribution is 2.41. The van der Waals surface area contributed by atoms with Crippen LogP contribution in [0, 0.1) is 0 Å². The molecular formula is C22H29N3O6. The van der Waals surface area contributed by atoms with Crippen LogP contribution in [0.2, 0.25) is 0 Å². The average molecular weight is 431 g/mol. The molecule has 0 heterocycles. The Morgan fingerprint density at radius 3 is 2.29 bits per heavy atom. The highest BCUT2D eigenvalue weighted by Gasteiger charge is 2.19. The quantitative estimate of drug-likeness (QED) is 0.446. The molecule has 0 fully saturated rings. The molecule has 1 unspecified atom stereocenters. The fourth-order valence-electron chi connectivity index (χ4n) is 2.99. The molecule has 0 saturated heterocycles. The van der Waals surface area contributed by atoms with Crippen LogP contribution in [0.3, 0.4) is 0 Å². The van der Waals surface area contributed by atoms with Crippen LogP contribution in [0.25, 0.3) is 5.57 Å². The molecule has 9 nitrogen and oxygen atoms in total. The topological polar surface area (TPSA) is 138 Å². The number of carbonyl (C=O) groups is 1. The van der Waals surface area contributed by atoms with E-state index in [-0.39, 0.29) is 0 Å². The molecule has 0 aromatic heterocycles. The van der Waals surface area contributed by atoms with Crippen LogP contribution in [0.15, 0.2) is 36.5 Å². The summed E-state index contributed by atoms with van der Waals surface area (Å²) in [5, 5.41) is 11.8. The molecule has 1 atom stereocenters. The molecule has 6 N–H and O–H groups in total. The summed E-state index contributed by atoms with van der Waals surface area (Å²) in [4.78, 5) is 12.2. The van der Waals surface area contributed by atoms with Crippen molar-refractivity contribution in [1.29, 1.82) is 0 Å². The summed E-state index contributed by atoms with van der Waals surface area (Å²) < 4.78 is 21.9. The summed E-state index contributed by atoms with van der Waals surface area (Å²) in [5.74, 6) is 1.36. The van der Waals surface area contributed by atoms with E-state index in [1.165, 1.54) is 27.5 Å². The maximum Gasteiger partial charge on any atom is 0.243 e. The van der Waals surface area contributed by atoms with Gasteiger partial charge >= 0.3 is 0 Å². The number of hydrogen-bond acceptors (Lipinski definition) is 8. The molecule has 0 radical (unpaired) electrons. The van der Waals surface area contributed by atoms with E-state index in [9.17, 15) is 4.79 Å². The molecule has 168 valence electrons. The standard InChI is InChI=1S/C22H29N3O6/c1-5-31-20-10-14(9-19(29-3)21(20)30-4)15(11-23)13-6-7-18(28-2)17(8-13)25-22(27)16(24)12-26/h6-11,16,26H,5,12,23-24H2,1-4H3,(H,25,27).